The fraction of sp³-hybridized carbons (Fsp3) is 0.333. The summed E-state index contributed by atoms with van der Waals surface area (Å²) in [6.07, 6.45) is 5.81. The molecule has 0 amide bonds. The maximum atomic E-state index is 11.2. The molecule has 0 rings (SSSR count). The highest BCUT2D eigenvalue weighted by Crippen LogP contribution is 1.90. The van der Waals surface area contributed by atoms with Crippen molar-refractivity contribution in [3.05, 3.63) is 37.0 Å². The van der Waals surface area contributed by atoms with Crippen molar-refractivity contribution in [1.82, 2.24) is 0 Å². The van der Waals surface area contributed by atoms with Crippen molar-refractivity contribution < 1.29 is 8.78 Å². The second kappa shape index (κ2) is 12.7. The van der Waals surface area contributed by atoms with E-state index < -0.39 is 5.83 Å². The Labute approximate surface area is 72.3 Å². The molecule has 1 nitrogen and oxygen atoms in total. The Hall–Kier alpha value is -0.960. The van der Waals surface area contributed by atoms with E-state index in [0.29, 0.717) is 6.08 Å². The van der Waals surface area contributed by atoms with E-state index in [1.807, 2.05) is 13.0 Å². The second-order valence-electron chi connectivity index (χ2n) is 1.89. The lowest BCUT2D eigenvalue weighted by Crippen LogP contribution is -1.94. The summed E-state index contributed by atoms with van der Waals surface area (Å²) in [4.78, 5) is 0. The van der Waals surface area contributed by atoms with E-state index in [1.165, 1.54) is 0 Å². The van der Waals surface area contributed by atoms with E-state index in [2.05, 4.69) is 12.7 Å². The average Bonchev–Trinajstić information content (AvgIpc) is 2.02. The maximum Gasteiger partial charge on any atom is 0.118 e. The number of allylic oxidation sites excluding steroid dienone is 3. The molecule has 0 saturated carbocycles. The molecule has 12 heavy (non-hydrogen) atoms. The SMILES string of the molecule is C/C=C\CCN.C=C(F)/C=C/F. The molecule has 0 aliphatic heterocycles. The zero-order valence-corrected chi connectivity index (χ0v) is 7.26. The monoisotopic (exact) mass is 175 g/mol. The number of hydrogen-bond donors (Lipinski definition) is 1. The molecule has 0 heterocycles. The quantitative estimate of drug-likeness (QED) is 0.518. The van der Waals surface area contributed by atoms with Gasteiger partial charge in [0.15, 0.2) is 0 Å². The van der Waals surface area contributed by atoms with Gasteiger partial charge in [0.25, 0.3) is 0 Å². The van der Waals surface area contributed by atoms with Crippen molar-refractivity contribution in [3.63, 3.8) is 0 Å². The summed E-state index contributed by atoms with van der Waals surface area (Å²) < 4.78 is 21.9. The molecule has 2 N–H and O–H groups in total. The summed E-state index contributed by atoms with van der Waals surface area (Å²) >= 11 is 0. The van der Waals surface area contributed by atoms with Gasteiger partial charge in [-0.3, -0.25) is 0 Å². The Morgan fingerprint density at radius 3 is 2.25 bits per heavy atom. The topological polar surface area (TPSA) is 26.0 Å². The first-order valence-corrected chi connectivity index (χ1v) is 3.61. The molecular formula is C9H15F2N. The maximum absolute atomic E-state index is 11.2. The van der Waals surface area contributed by atoms with Crippen LogP contribution in [0, 0.1) is 0 Å². The molecule has 0 aromatic rings. The summed E-state index contributed by atoms with van der Waals surface area (Å²) in [5.74, 6) is -0.766. The van der Waals surface area contributed by atoms with Crippen LogP contribution >= 0.6 is 0 Å². The number of nitrogens with two attached hydrogens (primary N) is 1. The molecule has 0 aromatic heterocycles. The summed E-state index contributed by atoms with van der Waals surface area (Å²) in [5, 5.41) is 0. The lowest BCUT2D eigenvalue weighted by molar-refractivity contribution is 0.655. The second-order valence-corrected chi connectivity index (χ2v) is 1.89. The number of halogens is 2. The van der Waals surface area contributed by atoms with Crippen molar-refractivity contribution in [3.8, 4) is 0 Å². The molecular weight excluding hydrogens is 160 g/mol. The van der Waals surface area contributed by atoms with E-state index >= 15 is 0 Å². The summed E-state index contributed by atoms with van der Waals surface area (Å²) in [7, 11) is 0. The standard InChI is InChI=1S/C5H11N.C4H4F2/c1-2-3-4-5-6;1-4(6)2-3-5/h2-3H,4-6H2,1H3;2-3H,1H2/b3-2-;3-2+. The summed E-state index contributed by atoms with van der Waals surface area (Å²) in [6, 6.07) is 0. The van der Waals surface area contributed by atoms with Crippen LogP contribution < -0.4 is 5.73 Å². The molecule has 0 unspecified atom stereocenters. The zero-order chi connectivity index (χ0) is 9.82. The molecule has 0 aliphatic rings. The summed E-state index contributed by atoms with van der Waals surface area (Å²) in [6.45, 7) is 5.52. The van der Waals surface area contributed by atoms with E-state index in [1.54, 1.807) is 0 Å². The van der Waals surface area contributed by atoms with Gasteiger partial charge < -0.3 is 5.73 Å². The number of hydrogen-bond acceptors (Lipinski definition) is 1. The first-order chi connectivity index (χ1) is 5.68. The molecule has 0 aliphatic carbocycles. The predicted octanol–water partition coefficient (Wildman–Crippen LogP) is 2.86. The van der Waals surface area contributed by atoms with Gasteiger partial charge in [-0.1, -0.05) is 18.7 Å². The third-order valence-electron chi connectivity index (χ3n) is 0.813. The van der Waals surface area contributed by atoms with Gasteiger partial charge in [0, 0.05) is 6.08 Å². The largest absolute Gasteiger partial charge is 0.330 e. The van der Waals surface area contributed by atoms with Gasteiger partial charge in [-0.15, -0.1) is 0 Å². The lowest BCUT2D eigenvalue weighted by atomic mass is 10.4. The fourth-order valence-corrected chi connectivity index (χ4v) is 0.331. The highest BCUT2D eigenvalue weighted by atomic mass is 19.1. The smallest absolute Gasteiger partial charge is 0.118 e. The van der Waals surface area contributed by atoms with Crippen LogP contribution in [0.15, 0.2) is 37.0 Å². The Balaban J connectivity index is 0. The van der Waals surface area contributed by atoms with Crippen LogP contribution in [0.5, 0.6) is 0 Å². The molecule has 3 heteroatoms. The van der Waals surface area contributed by atoms with E-state index in [-0.39, 0.29) is 6.33 Å². The van der Waals surface area contributed by atoms with Gasteiger partial charge in [0.05, 0.1) is 6.33 Å². The Kier molecular flexibility index (Phi) is 14.4. The Morgan fingerprint density at radius 1 is 1.58 bits per heavy atom. The zero-order valence-electron chi connectivity index (χ0n) is 7.26. The molecule has 0 atom stereocenters. The van der Waals surface area contributed by atoms with Crippen LogP contribution in [0.4, 0.5) is 8.78 Å². The fourth-order valence-electron chi connectivity index (χ4n) is 0.331. The van der Waals surface area contributed by atoms with E-state index in [4.69, 9.17) is 5.73 Å². The number of rotatable bonds is 3. The normalized spacial score (nSPS) is 10.0. The van der Waals surface area contributed by atoms with Crippen LogP contribution in [-0.4, -0.2) is 6.54 Å². The Morgan fingerprint density at radius 2 is 2.17 bits per heavy atom. The average molecular weight is 175 g/mol. The predicted molar refractivity (Wildman–Crippen MR) is 49.0 cm³/mol. The minimum Gasteiger partial charge on any atom is -0.330 e. The molecule has 0 radical (unpaired) electrons. The van der Waals surface area contributed by atoms with E-state index in [0.717, 1.165) is 13.0 Å². The van der Waals surface area contributed by atoms with Crippen molar-refractivity contribution in [2.75, 3.05) is 6.54 Å². The minimum atomic E-state index is -0.766. The first kappa shape index (κ1) is 13.6. The van der Waals surface area contributed by atoms with Gasteiger partial charge >= 0.3 is 0 Å². The van der Waals surface area contributed by atoms with Crippen molar-refractivity contribution in [1.29, 1.82) is 0 Å². The van der Waals surface area contributed by atoms with Crippen molar-refractivity contribution in [2.24, 2.45) is 5.73 Å². The van der Waals surface area contributed by atoms with Gasteiger partial charge in [-0.2, -0.15) is 0 Å². The molecule has 70 valence electrons. The van der Waals surface area contributed by atoms with Gasteiger partial charge in [-0.25, -0.2) is 8.78 Å². The lowest BCUT2D eigenvalue weighted by Gasteiger charge is -1.77. The van der Waals surface area contributed by atoms with Crippen LogP contribution in [0.2, 0.25) is 0 Å². The Bertz CT molecular complexity index is 151. The minimum absolute atomic E-state index is 0.0995. The molecule has 0 saturated heterocycles. The third kappa shape index (κ3) is 23.0. The highest BCUT2D eigenvalue weighted by Gasteiger charge is 1.72. The van der Waals surface area contributed by atoms with Gasteiger partial charge in [0.1, 0.15) is 5.83 Å². The third-order valence-corrected chi connectivity index (χ3v) is 0.813. The van der Waals surface area contributed by atoms with Gasteiger partial charge in [-0.05, 0) is 19.9 Å². The molecule has 0 spiro atoms. The van der Waals surface area contributed by atoms with Crippen LogP contribution in [0.3, 0.4) is 0 Å². The van der Waals surface area contributed by atoms with Gasteiger partial charge in [0.2, 0.25) is 0 Å². The summed E-state index contributed by atoms with van der Waals surface area (Å²) in [5.41, 5.74) is 5.16. The molecule has 0 bridgehead atoms. The van der Waals surface area contributed by atoms with Crippen LogP contribution in [0.25, 0.3) is 0 Å². The van der Waals surface area contributed by atoms with Crippen LogP contribution in [0.1, 0.15) is 13.3 Å². The molecule has 0 fully saturated rings. The first-order valence-electron chi connectivity index (χ1n) is 3.61. The molecule has 0 aromatic carbocycles. The van der Waals surface area contributed by atoms with Crippen LogP contribution in [-0.2, 0) is 0 Å². The highest BCUT2D eigenvalue weighted by molar-refractivity contribution is 5.01. The van der Waals surface area contributed by atoms with Crippen molar-refractivity contribution in [2.45, 2.75) is 13.3 Å². The van der Waals surface area contributed by atoms with E-state index in [9.17, 15) is 8.78 Å². The van der Waals surface area contributed by atoms with Crippen molar-refractivity contribution >= 4 is 0 Å².